The number of carbonyl (C=O) groups excluding carboxylic acids is 2. The first-order valence-corrected chi connectivity index (χ1v) is 6.10. The Hall–Kier alpha value is -1.98. The number of hydrogen-bond donors (Lipinski definition) is 0. The quantitative estimate of drug-likeness (QED) is 0.732. The van der Waals surface area contributed by atoms with Crippen molar-refractivity contribution < 1.29 is 9.59 Å². The van der Waals surface area contributed by atoms with Gasteiger partial charge in [0.1, 0.15) is 12.2 Å². The van der Waals surface area contributed by atoms with Crippen molar-refractivity contribution in [3.8, 4) is 0 Å². The van der Waals surface area contributed by atoms with Crippen LogP contribution >= 0.6 is 0 Å². The zero-order valence-corrected chi connectivity index (χ0v) is 9.95. The van der Waals surface area contributed by atoms with E-state index in [1.54, 1.807) is 4.90 Å². The van der Waals surface area contributed by atoms with E-state index in [0.717, 1.165) is 12.8 Å². The smallest absolute Gasteiger partial charge is 0.274 e. The second-order valence-corrected chi connectivity index (χ2v) is 4.64. The van der Waals surface area contributed by atoms with Crippen molar-refractivity contribution in [2.75, 3.05) is 19.6 Å². The third-order valence-electron chi connectivity index (χ3n) is 3.31. The second kappa shape index (κ2) is 4.36. The molecule has 3 rings (SSSR count). The topological polar surface area (TPSA) is 66.4 Å². The maximum atomic E-state index is 12.1. The Morgan fingerprint density at radius 2 is 2.11 bits per heavy atom. The van der Waals surface area contributed by atoms with E-state index in [1.165, 1.54) is 18.6 Å². The molecule has 1 aromatic heterocycles. The number of nitrogens with zero attached hydrogens (tertiary/aromatic N) is 4. The third kappa shape index (κ3) is 2.05. The van der Waals surface area contributed by atoms with Crippen LogP contribution in [-0.2, 0) is 4.79 Å². The van der Waals surface area contributed by atoms with Crippen molar-refractivity contribution in [2.24, 2.45) is 0 Å². The van der Waals surface area contributed by atoms with Gasteiger partial charge in [-0.25, -0.2) is 4.98 Å². The van der Waals surface area contributed by atoms with Gasteiger partial charge in [-0.2, -0.15) is 0 Å². The molecule has 2 aliphatic rings. The average Bonchev–Trinajstić information content (AvgIpc) is 3.23. The van der Waals surface area contributed by atoms with E-state index in [4.69, 9.17) is 0 Å². The van der Waals surface area contributed by atoms with E-state index in [2.05, 4.69) is 9.97 Å². The summed E-state index contributed by atoms with van der Waals surface area (Å²) < 4.78 is 0. The lowest BCUT2D eigenvalue weighted by Gasteiger charge is -2.34. The number of amides is 2. The minimum atomic E-state index is -0.216. The van der Waals surface area contributed by atoms with E-state index < -0.39 is 0 Å². The Bertz CT molecular complexity index is 472. The monoisotopic (exact) mass is 246 g/mol. The number of rotatable bonds is 2. The van der Waals surface area contributed by atoms with Crippen LogP contribution in [0.4, 0.5) is 0 Å². The van der Waals surface area contributed by atoms with Crippen LogP contribution in [0.3, 0.4) is 0 Å². The summed E-state index contributed by atoms with van der Waals surface area (Å²) in [5.41, 5.74) is 0.296. The van der Waals surface area contributed by atoms with Gasteiger partial charge in [-0.05, 0) is 12.8 Å². The fraction of sp³-hybridized carbons (Fsp3) is 0.500. The maximum absolute atomic E-state index is 12.1. The lowest BCUT2D eigenvalue weighted by Crippen LogP contribution is -2.53. The Balaban J connectivity index is 1.68. The van der Waals surface area contributed by atoms with E-state index >= 15 is 0 Å². The molecule has 0 atom stereocenters. The summed E-state index contributed by atoms with van der Waals surface area (Å²) in [6, 6.07) is 0.422. The molecule has 1 saturated heterocycles. The molecular weight excluding hydrogens is 232 g/mol. The van der Waals surface area contributed by atoms with Crippen LogP contribution < -0.4 is 0 Å². The second-order valence-electron chi connectivity index (χ2n) is 4.64. The molecule has 1 aliphatic carbocycles. The van der Waals surface area contributed by atoms with Crippen LogP contribution in [-0.4, -0.2) is 57.3 Å². The highest BCUT2D eigenvalue weighted by molar-refractivity contribution is 5.95. The molecule has 0 N–H and O–H groups in total. The van der Waals surface area contributed by atoms with Crippen LogP contribution in [0.15, 0.2) is 18.6 Å². The maximum Gasteiger partial charge on any atom is 0.274 e. The van der Waals surface area contributed by atoms with Crippen LogP contribution in [0.1, 0.15) is 23.3 Å². The van der Waals surface area contributed by atoms with Gasteiger partial charge >= 0.3 is 0 Å². The number of aromatic nitrogens is 2. The Morgan fingerprint density at radius 3 is 2.72 bits per heavy atom. The largest absolute Gasteiger partial charge is 0.336 e. The summed E-state index contributed by atoms with van der Waals surface area (Å²) in [7, 11) is 0. The van der Waals surface area contributed by atoms with E-state index in [9.17, 15) is 9.59 Å². The summed E-state index contributed by atoms with van der Waals surface area (Å²) >= 11 is 0. The standard InChI is InChI=1S/C12H14N4O2/c17-11-8-15(5-6-16(11)9-1-2-9)12(18)10-7-13-3-4-14-10/h3-4,7,9H,1-2,5-6,8H2. The molecule has 94 valence electrons. The molecule has 1 aliphatic heterocycles. The van der Waals surface area contributed by atoms with E-state index in [1.807, 2.05) is 4.90 Å². The molecule has 0 unspecified atom stereocenters. The van der Waals surface area contributed by atoms with Crippen molar-refractivity contribution in [3.63, 3.8) is 0 Å². The van der Waals surface area contributed by atoms with Crippen LogP contribution in [0, 0.1) is 0 Å². The molecule has 6 nitrogen and oxygen atoms in total. The summed E-state index contributed by atoms with van der Waals surface area (Å²) in [6.45, 7) is 1.37. The van der Waals surface area contributed by atoms with Gasteiger partial charge in [0.2, 0.25) is 5.91 Å². The first kappa shape index (κ1) is 11.1. The molecule has 6 heteroatoms. The van der Waals surface area contributed by atoms with Gasteiger partial charge in [0.05, 0.1) is 6.20 Å². The highest BCUT2D eigenvalue weighted by atomic mass is 16.2. The van der Waals surface area contributed by atoms with Crippen molar-refractivity contribution >= 4 is 11.8 Å². The molecular formula is C12H14N4O2. The molecule has 18 heavy (non-hydrogen) atoms. The highest BCUT2D eigenvalue weighted by Crippen LogP contribution is 2.28. The van der Waals surface area contributed by atoms with Gasteiger partial charge in [-0.15, -0.1) is 0 Å². The van der Waals surface area contributed by atoms with Gasteiger partial charge in [0.15, 0.2) is 0 Å². The molecule has 2 amide bonds. The van der Waals surface area contributed by atoms with Gasteiger partial charge in [-0.3, -0.25) is 14.6 Å². The van der Waals surface area contributed by atoms with Crippen LogP contribution in [0.2, 0.25) is 0 Å². The fourth-order valence-corrected chi connectivity index (χ4v) is 2.20. The predicted molar refractivity (Wildman–Crippen MR) is 62.7 cm³/mol. The molecule has 0 bridgehead atoms. The summed E-state index contributed by atoms with van der Waals surface area (Å²) in [4.78, 5) is 35.3. The van der Waals surface area contributed by atoms with Gasteiger partial charge in [0.25, 0.3) is 5.91 Å². The molecule has 1 aromatic rings. The summed E-state index contributed by atoms with van der Waals surface area (Å²) in [5, 5.41) is 0. The lowest BCUT2D eigenvalue weighted by molar-refractivity contribution is -0.135. The first-order chi connectivity index (χ1) is 8.75. The third-order valence-corrected chi connectivity index (χ3v) is 3.31. The lowest BCUT2D eigenvalue weighted by atomic mass is 10.2. The molecule has 0 aromatic carbocycles. The first-order valence-electron chi connectivity index (χ1n) is 6.10. The Kier molecular flexibility index (Phi) is 2.70. The Labute approximate surface area is 105 Å². The van der Waals surface area contributed by atoms with Gasteiger partial charge < -0.3 is 9.80 Å². The summed E-state index contributed by atoms with van der Waals surface area (Å²) in [5.74, 6) is -0.173. The van der Waals surface area contributed by atoms with Gasteiger partial charge in [0, 0.05) is 31.5 Å². The van der Waals surface area contributed by atoms with Crippen molar-refractivity contribution in [2.45, 2.75) is 18.9 Å². The molecule has 0 radical (unpaired) electrons. The number of hydrogen-bond acceptors (Lipinski definition) is 4. The average molecular weight is 246 g/mol. The van der Waals surface area contributed by atoms with Crippen LogP contribution in [0.5, 0.6) is 0 Å². The molecule has 0 spiro atoms. The zero-order valence-electron chi connectivity index (χ0n) is 9.95. The number of carbonyl (C=O) groups is 2. The van der Waals surface area contributed by atoms with E-state index in [0.29, 0.717) is 24.8 Å². The molecule has 2 fully saturated rings. The zero-order chi connectivity index (χ0) is 12.5. The van der Waals surface area contributed by atoms with Gasteiger partial charge in [-0.1, -0.05) is 0 Å². The normalized spacial score (nSPS) is 20.1. The Morgan fingerprint density at radius 1 is 1.28 bits per heavy atom. The van der Waals surface area contributed by atoms with Crippen molar-refractivity contribution in [3.05, 3.63) is 24.3 Å². The van der Waals surface area contributed by atoms with E-state index in [-0.39, 0.29) is 18.4 Å². The summed E-state index contributed by atoms with van der Waals surface area (Å²) in [6.07, 6.45) is 6.64. The fourth-order valence-electron chi connectivity index (χ4n) is 2.20. The molecule has 2 heterocycles. The number of piperazine rings is 1. The SMILES string of the molecule is O=C(c1cnccn1)N1CCN(C2CC2)C(=O)C1. The minimum absolute atomic E-state index is 0.0426. The van der Waals surface area contributed by atoms with Crippen LogP contribution in [0.25, 0.3) is 0 Å². The predicted octanol–water partition coefficient (Wildman–Crippen LogP) is -0.0766. The highest BCUT2D eigenvalue weighted by Gasteiger charge is 2.37. The van der Waals surface area contributed by atoms with Crippen molar-refractivity contribution in [1.29, 1.82) is 0 Å². The minimum Gasteiger partial charge on any atom is -0.336 e. The molecule has 1 saturated carbocycles. The van der Waals surface area contributed by atoms with Crippen molar-refractivity contribution in [1.82, 2.24) is 19.8 Å².